The largest absolute Gasteiger partial charge is 0.346 e. The van der Waals surface area contributed by atoms with Gasteiger partial charge in [-0.15, -0.1) is 0 Å². The summed E-state index contributed by atoms with van der Waals surface area (Å²) in [5.41, 5.74) is 2.40. The number of aromatic nitrogens is 2. The Labute approximate surface area is 153 Å². The van der Waals surface area contributed by atoms with Crippen molar-refractivity contribution in [2.45, 2.75) is 45.7 Å². The zero-order chi connectivity index (χ0) is 18.5. The fraction of sp³-hybridized carbons (Fsp3) is 0.333. The highest BCUT2D eigenvalue weighted by atomic mass is 19.1. The molecule has 3 rings (SSSR count). The number of nitrogens with zero attached hydrogens (tertiary/aromatic N) is 2. The number of benzene rings is 2. The second-order valence-electron chi connectivity index (χ2n) is 6.53. The minimum Gasteiger partial charge on any atom is -0.346 e. The number of carbonyl (C=O) groups excluding carboxylic acids is 1. The van der Waals surface area contributed by atoms with E-state index in [1.807, 2.05) is 34.9 Å². The van der Waals surface area contributed by atoms with E-state index in [2.05, 4.69) is 12.2 Å². The SMILES string of the molecule is CCCC[C@H](NC(C)=O)c1nc2ccccc2n1Cc1ccccc1F. The molecule has 2 aromatic carbocycles. The summed E-state index contributed by atoms with van der Waals surface area (Å²) in [6.45, 7) is 4.01. The van der Waals surface area contributed by atoms with Crippen LogP contribution in [-0.2, 0) is 11.3 Å². The summed E-state index contributed by atoms with van der Waals surface area (Å²) in [5, 5.41) is 3.02. The molecule has 1 aromatic heterocycles. The minimum atomic E-state index is -0.235. The second-order valence-corrected chi connectivity index (χ2v) is 6.53. The van der Waals surface area contributed by atoms with Crippen molar-refractivity contribution in [2.24, 2.45) is 0 Å². The number of hydrogen-bond donors (Lipinski definition) is 1. The molecule has 26 heavy (non-hydrogen) atoms. The first-order valence-corrected chi connectivity index (χ1v) is 9.05. The summed E-state index contributed by atoms with van der Waals surface area (Å²) >= 11 is 0. The van der Waals surface area contributed by atoms with Gasteiger partial charge in [0.1, 0.15) is 11.6 Å². The van der Waals surface area contributed by atoms with Gasteiger partial charge in [-0.3, -0.25) is 4.79 Å². The number of rotatable bonds is 7. The summed E-state index contributed by atoms with van der Waals surface area (Å²) < 4.78 is 16.2. The first-order valence-electron chi connectivity index (χ1n) is 9.05. The van der Waals surface area contributed by atoms with E-state index < -0.39 is 0 Å². The highest BCUT2D eigenvalue weighted by Crippen LogP contribution is 2.26. The smallest absolute Gasteiger partial charge is 0.217 e. The maximum atomic E-state index is 14.2. The van der Waals surface area contributed by atoms with Crippen LogP contribution < -0.4 is 5.32 Å². The zero-order valence-corrected chi connectivity index (χ0v) is 15.2. The molecule has 5 heteroatoms. The molecule has 1 amide bonds. The highest BCUT2D eigenvalue weighted by molar-refractivity contribution is 5.77. The van der Waals surface area contributed by atoms with E-state index in [0.717, 1.165) is 36.1 Å². The van der Waals surface area contributed by atoms with Gasteiger partial charge in [0.15, 0.2) is 0 Å². The molecule has 0 bridgehead atoms. The third-order valence-electron chi connectivity index (χ3n) is 4.51. The molecule has 0 aliphatic carbocycles. The van der Waals surface area contributed by atoms with Crippen LogP contribution in [0.2, 0.25) is 0 Å². The Morgan fingerprint density at radius 1 is 1.19 bits per heavy atom. The van der Waals surface area contributed by atoms with Crippen molar-refractivity contribution < 1.29 is 9.18 Å². The molecule has 0 saturated carbocycles. The number of halogens is 1. The first kappa shape index (κ1) is 18.1. The molecule has 1 heterocycles. The normalized spacial score (nSPS) is 12.3. The fourth-order valence-electron chi connectivity index (χ4n) is 3.24. The molecule has 0 aliphatic heterocycles. The lowest BCUT2D eigenvalue weighted by molar-refractivity contribution is -0.119. The molecule has 3 aromatic rings. The van der Waals surface area contributed by atoms with E-state index in [1.54, 1.807) is 12.1 Å². The van der Waals surface area contributed by atoms with Gasteiger partial charge in [0.05, 0.1) is 23.6 Å². The molecule has 0 aliphatic rings. The maximum absolute atomic E-state index is 14.2. The number of amides is 1. The Hall–Kier alpha value is -2.69. The molecular formula is C21H24FN3O. The van der Waals surface area contributed by atoms with Crippen LogP contribution in [0, 0.1) is 5.82 Å². The van der Waals surface area contributed by atoms with Crippen molar-refractivity contribution in [3.05, 3.63) is 65.7 Å². The summed E-state index contributed by atoms with van der Waals surface area (Å²) in [4.78, 5) is 16.5. The maximum Gasteiger partial charge on any atom is 0.217 e. The van der Waals surface area contributed by atoms with Crippen LogP contribution in [0.3, 0.4) is 0 Å². The predicted octanol–water partition coefficient (Wildman–Crippen LogP) is 4.59. The molecule has 0 spiro atoms. The molecule has 1 atom stereocenters. The summed E-state index contributed by atoms with van der Waals surface area (Å²) in [7, 11) is 0. The van der Waals surface area contributed by atoms with Crippen LogP contribution >= 0.6 is 0 Å². The molecule has 0 saturated heterocycles. The Morgan fingerprint density at radius 3 is 2.65 bits per heavy atom. The van der Waals surface area contributed by atoms with Crippen LogP contribution in [0.25, 0.3) is 11.0 Å². The lowest BCUT2D eigenvalue weighted by Gasteiger charge is -2.19. The van der Waals surface area contributed by atoms with Crippen LogP contribution in [0.1, 0.15) is 50.5 Å². The van der Waals surface area contributed by atoms with Gasteiger partial charge in [-0.25, -0.2) is 9.37 Å². The third-order valence-corrected chi connectivity index (χ3v) is 4.51. The van der Waals surface area contributed by atoms with Crippen molar-refractivity contribution in [2.75, 3.05) is 0 Å². The third kappa shape index (κ3) is 3.93. The number of unbranched alkanes of at least 4 members (excludes halogenated alkanes) is 1. The van der Waals surface area contributed by atoms with Gasteiger partial charge in [-0.05, 0) is 24.6 Å². The quantitative estimate of drug-likeness (QED) is 0.675. The van der Waals surface area contributed by atoms with E-state index in [1.165, 1.54) is 13.0 Å². The van der Waals surface area contributed by atoms with Gasteiger partial charge < -0.3 is 9.88 Å². The average molecular weight is 353 g/mol. The monoisotopic (exact) mass is 353 g/mol. The van der Waals surface area contributed by atoms with Crippen molar-refractivity contribution in [3.8, 4) is 0 Å². The lowest BCUT2D eigenvalue weighted by Crippen LogP contribution is -2.28. The van der Waals surface area contributed by atoms with E-state index in [0.29, 0.717) is 12.1 Å². The molecular weight excluding hydrogens is 329 g/mol. The van der Waals surface area contributed by atoms with Gasteiger partial charge in [-0.1, -0.05) is 50.1 Å². The minimum absolute atomic E-state index is 0.0874. The van der Waals surface area contributed by atoms with E-state index >= 15 is 0 Å². The van der Waals surface area contributed by atoms with E-state index in [-0.39, 0.29) is 17.8 Å². The Bertz CT molecular complexity index is 903. The van der Waals surface area contributed by atoms with Gasteiger partial charge in [0.25, 0.3) is 0 Å². The molecule has 136 valence electrons. The zero-order valence-electron chi connectivity index (χ0n) is 15.2. The number of carbonyl (C=O) groups is 1. The highest BCUT2D eigenvalue weighted by Gasteiger charge is 2.21. The van der Waals surface area contributed by atoms with Gasteiger partial charge in [0.2, 0.25) is 5.91 Å². The summed E-state index contributed by atoms with van der Waals surface area (Å²) in [6.07, 6.45) is 2.81. The van der Waals surface area contributed by atoms with Gasteiger partial charge >= 0.3 is 0 Å². The van der Waals surface area contributed by atoms with Crippen LogP contribution in [0.5, 0.6) is 0 Å². The molecule has 0 unspecified atom stereocenters. The van der Waals surface area contributed by atoms with Crippen molar-refractivity contribution in [1.29, 1.82) is 0 Å². The number of nitrogens with one attached hydrogen (secondary N) is 1. The van der Waals surface area contributed by atoms with Gasteiger partial charge in [0, 0.05) is 12.5 Å². The van der Waals surface area contributed by atoms with Crippen molar-refractivity contribution in [1.82, 2.24) is 14.9 Å². The second kappa shape index (κ2) is 8.13. The van der Waals surface area contributed by atoms with E-state index in [9.17, 15) is 9.18 Å². The average Bonchev–Trinajstić information content (AvgIpc) is 2.99. The van der Waals surface area contributed by atoms with Crippen molar-refractivity contribution >= 4 is 16.9 Å². The van der Waals surface area contributed by atoms with Gasteiger partial charge in [-0.2, -0.15) is 0 Å². The Morgan fingerprint density at radius 2 is 1.92 bits per heavy atom. The van der Waals surface area contributed by atoms with E-state index in [4.69, 9.17) is 4.98 Å². The van der Waals surface area contributed by atoms with Crippen LogP contribution in [-0.4, -0.2) is 15.5 Å². The molecule has 4 nitrogen and oxygen atoms in total. The molecule has 1 N–H and O–H groups in total. The fourth-order valence-corrected chi connectivity index (χ4v) is 3.24. The molecule has 0 fully saturated rings. The van der Waals surface area contributed by atoms with Crippen LogP contribution in [0.15, 0.2) is 48.5 Å². The number of imidazole rings is 1. The first-order chi connectivity index (χ1) is 12.6. The Kier molecular flexibility index (Phi) is 5.66. The summed E-state index contributed by atoms with van der Waals surface area (Å²) in [6, 6.07) is 14.4. The van der Waals surface area contributed by atoms with Crippen LogP contribution in [0.4, 0.5) is 4.39 Å². The number of fused-ring (bicyclic) bond motifs is 1. The van der Waals surface area contributed by atoms with Crippen molar-refractivity contribution in [3.63, 3.8) is 0 Å². The lowest BCUT2D eigenvalue weighted by atomic mass is 10.1. The standard InChI is InChI=1S/C21H24FN3O/c1-3-4-11-19(23-15(2)26)21-24-18-12-7-8-13-20(18)25(21)14-16-9-5-6-10-17(16)22/h5-10,12-13,19H,3-4,11,14H2,1-2H3,(H,23,26)/t19-/m0/s1. The number of hydrogen-bond acceptors (Lipinski definition) is 2. The topological polar surface area (TPSA) is 46.9 Å². The predicted molar refractivity (Wildman–Crippen MR) is 101 cm³/mol. The molecule has 0 radical (unpaired) electrons. The number of para-hydroxylation sites is 2. The summed E-state index contributed by atoms with van der Waals surface area (Å²) in [5.74, 6) is 0.453. The Balaban J connectivity index is 2.08.